The number of benzene rings is 1. The smallest absolute Gasteiger partial charge is 0.402 e. The fourth-order valence-corrected chi connectivity index (χ4v) is 0.808. The van der Waals surface area contributed by atoms with E-state index in [1.807, 2.05) is 0 Å². The van der Waals surface area contributed by atoms with Crippen LogP contribution in [0, 0.1) is 0 Å². The number of hydrogen-bond donors (Lipinski definition) is 3. The zero-order chi connectivity index (χ0) is 12.8. The first-order valence-electron chi connectivity index (χ1n) is 4.11. The van der Waals surface area contributed by atoms with Gasteiger partial charge in [0.15, 0.2) is 0 Å². The van der Waals surface area contributed by atoms with E-state index < -0.39 is 19.1 Å². The Hall–Kier alpha value is -1.31. The Labute approximate surface area is 90.6 Å². The maximum atomic E-state index is 12.0. The van der Waals surface area contributed by atoms with E-state index in [1.54, 1.807) is 0 Å². The summed E-state index contributed by atoms with van der Waals surface area (Å²) in [5, 5.41) is 21.5. The first kappa shape index (κ1) is 14.7. The molecule has 1 aromatic carbocycles. The van der Waals surface area contributed by atoms with E-state index in [2.05, 4.69) is 6.58 Å². The molecule has 0 radical (unpaired) electrons. The van der Waals surface area contributed by atoms with Gasteiger partial charge in [-0.3, -0.25) is 0 Å². The minimum absolute atomic E-state index is 0.631. The van der Waals surface area contributed by atoms with Crippen LogP contribution in [0.5, 0.6) is 0 Å². The highest BCUT2D eigenvalue weighted by molar-refractivity contribution is 6.30. The van der Waals surface area contributed by atoms with E-state index in [-0.39, 0.29) is 0 Å². The van der Waals surface area contributed by atoms with E-state index in [9.17, 15) is 13.2 Å². The first-order valence-corrected chi connectivity index (χ1v) is 4.11. The lowest BCUT2D eigenvalue weighted by atomic mass is 10.1. The molecule has 1 rings (SSSR count). The molecule has 0 fully saturated rings. The van der Waals surface area contributed by atoms with Gasteiger partial charge in [-0.2, -0.15) is 13.2 Å². The maximum Gasteiger partial charge on any atom is 0.631 e. The van der Waals surface area contributed by atoms with E-state index >= 15 is 0 Å². The number of hydrogen-bond acceptors (Lipinski definition) is 3. The summed E-state index contributed by atoms with van der Waals surface area (Å²) < 4.78 is 36.0. The highest BCUT2D eigenvalue weighted by Gasteiger charge is 2.29. The zero-order valence-electron chi connectivity index (χ0n) is 8.15. The summed E-state index contributed by atoms with van der Waals surface area (Å²) in [6.07, 6.45) is -2.75. The van der Waals surface area contributed by atoms with Gasteiger partial charge in [0.1, 0.15) is 0 Å². The van der Waals surface area contributed by atoms with Crippen molar-refractivity contribution in [2.45, 2.75) is 6.18 Å². The highest BCUT2D eigenvalue weighted by atomic mass is 19.4. The van der Waals surface area contributed by atoms with Crippen molar-refractivity contribution in [1.82, 2.24) is 0 Å². The average Bonchev–Trinajstić information content (AvgIpc) is 2.16. The molecule has 1 aromatic rings. The molecule has 0 bridgehead atoms. The van der Waals surface area contributed by atoms with Crippen LogP contribution in [-0.4, -0.2) is 22.4 Å². The van der Waals surface area contributed by atoms with Crippen LogP contribution in [-0.2, 0) is 6.18 Å². The molecule has 0 aliphatic carbocycles. The Kier molecular flexibility index (Phi) is 5.80. The molecule has 3 N–H and O–H groups in total. The van der Waals surface area contributed by atoms with Crippen LogP contribution >= 0.6 is 0 Å². The topological polar surface area (TPSA) is 60.7 Å². The molecule has 3 nitrogen and oxygen atoms in total. The largest absolute Gasteiger partial charge is 0.631 e. The Balaban J connectivity index is 0.000000487. The summed E-state index contributed by atoms with van der Waals surface area (Å²) in [4.78, 5) is 0. The molecule has 7 heteroatoms. The third kappa shape index (κ3) is 6.23. The molecule has 0 spiro atoms. The van der Waals surface area contributed by atoms with Gasteiger partial charge < -0.3 is 15.1 Å². The number of alkyl halides is 3. The van der Waals surface area contributed by atoms with Gasteiger partial charge in [-0.15, -0.1) is 0 Å². The molecule has 0 saturated carbocycles. The summed E-state index contributed by atoms with van der Waals surface area (Å²) in [5.41, 5.74) is 0.0519. The lowest BCUT2D eigenvalue weighted by Gasteiger charge is -2.05. The van der Waals surface area contributed by atoms with Crippen molar-refractivity contribution in [1.29, 1.82) is 0 Å². The fraction of sp³-hybridized carbons (Fsp3) is 0.111. The second kappa shape index (κ2) is 6.31. The number of halogens is 3. The van der Waals surface area contributed by atoms with Crippen LogP contribution in [0.1, 0.15) is 11.1 Å². The highest BCUT2D eigenvalue weighted by Crippen LogP contribution is 2.29. The van der Waals surface area contributed by atoms with Crippen LogP contribution in [0.4, 0.5) is 13.2 Å². The third-order valence-electron chi connectivity index (χ3n) is 1.47. The quantitative estimate of drug-likeness (QED) is 0.641. The van der Waals surface area contributed by atoms with Gasteiger partial charge in [-0.05, 0) is 17.7 Å². The third-order valence-corrected chi connectivity index (χ3v) is 1.47. The van der Waals surface area contributed by atoms with Crippen LogP contribution in [0.25, 0.3) is 6.08 Å². The molecule has 16 heavy (non-hydrogen) atoms. The monoisotopic (exact) mass is 234 g/mol. The van der Waals surface area contributed by atoms with E-state index in [0.717, 1.165) is 12.1 Å². The van der Waals surface area contributed by atoms with Crippen LogP contribution in [0.2, 0.25) is 0 Å². The predicted octanol–water partition coefficient (Wildman–Crippen LogP) is 1.30. The van der Waals surface area contributed by atoms with Gasteiger partial charge in [0.25, 0.3) is 0 Å². The molecule has 0 unspecified atom stereocenters. The number of rotatable bonds is 1. The van der Waals surface area contributed by atoms with Crippen molar-refractivity contribution >= 4 is 13.4 Å². The minimum Gasteiger partial charge on any atom is -0.402 e. The molecule has 88 valence electrons. The molecule has 0 aromatic heterocycles. The van der Waals surface area contributed by atoms with Gasteiger partial charge in [0.05, 0.1) is 5.56 Å². The Morgan fingerprint density at radius 1 is 1.06 bits per heavy atom. The Morgan fingerprint density at radius 3 is 1.69 bits per heavy atom. The fourth-order valence-electron chi connectivity index (χ4n) is 0.808. The van der Waals surface area contributed by atoms with Crippen molar-refractivity contribution < 1.29 is 28.2 Å². The maximum absolute atomic E-state index is 12.0. The minimum atomic E-state index is -4.25. The van der Waals surface area contributed by atoms with E-state index in [1.165, 1.54) is 18.2 Å². The normalized spacial score (nSPS) is 10.1. The van der Waals surface area contributed by atoms with Crippen molar-refractivity contribution in [3.8, 4) is 0 Å². The molecular formula is C9H10BF3O3. The van der Waals surface area contributed by atoms with Crippen molar-refractivity contribution in [3.05, 3.63) is 42.0 Å². The van der Waals surface area contributed by atoms with Gasteiger partial charge in [0, 0.05) is 0 Å². The predicted molar refractivity (Wildman–Crippen MR) is 53.9 cm³/mol. The standard InChI is InChI=1S/C9H7F3.BH3O3/c1-2-7-3-5-8(6-4-7)9(10,11)12;2-1(3)4/h2-6H,1H2;2-4H. The molecule has 0 saturated heterocycles. The van der Waals surface area contributed by atoms with Gasteiger partial charge in [0.2, 0.25) is 0 Å². The summed E-state index contributed by atoms with van der Waals surface area (Å²) in [6, 6.07) is 4.85. The van der Waals surface area contributed by atoms with Crippen molar-refractivity contribution in [2.24, 2.45) is 0 Å². The average molecular weight is 234 g/mol. The second-order valence-electron chi connectivity index (χ2n) is 2.67. The van der Waals surface area contributed by atoms with Gasteiger partial charge in [-0.1, -0.05) is 24.8 Å². The SMILES string of the molecule is C=Cc1ccc(C(F)(F)F)cc1.OB(O)O. The van der Waals surface area contributed by atoms with E-state index in [4.69, 9.17) is 15.1 Å². The lowest BCUT2D eigenvalue weighted by Crippen LogP contribution is -2.07. The molecule has 0 amide bonds. The zero-order valence-corrected chi connectivity index (χ0v) is 8.15. The van der Waals surface area contributed by atoms with Gasteiger partial charge in [-0.25, -0.2) is 0 Å². The van der Waals surface area contributed by atoms with E-state index in [0.29, 0.717) is 5.56 Å². The molecular weight excluding hydrogens is 224 g/mol. The van der Waals surface area contributed by atoms with Crippen molar-refractivity contribution in [3.63, 3.8) is 0 Å². The summed E-state index contributed by atoms with van der Waals surface area (Å²) >= 11 is 0. The summed E-state index contributed by atoms with van der Waals surface area (Å²) in [5.74, 6) is 0. The van der Waals surface area contributed by atoms with Crippen LogP contribution in [0.15, 0.2) is 30.8 Å². The van der Waals surface area contributed by atoms with Gasteiger partial charge >= 0.3 is 13.5 Å². The van der Waals surface area contributed by atoms with Crippen LogP contribution < -0.4 is 0 Å². The first-order chi connectivity index (χ1) is 7.27. The Morgan fingerprint density at radius 2 is 1.44 bits per heavy atom. The van der Waals surface area contributed by atoms with Crippen LogP contribution in [0.3, 0.4) is 0 Å². The van der Waals surface area contributed by atoms with Crippen molar-refractivity contribution in [2.75, 3.05) is 0 Å². The summed E-state index contributed by atoms with van der Waals surface area (Å²) in [6.45, 7) is 3.44. The molecule has 0 aliphatic rings. The summed E-state index contributed by atoms with van der Waals surface area (Å²) in [7, 11) is -2.17. The molecule has 0 heterocycles. The lowest BCUT2D eigenvalue weighted by molar-refractivity contribution is -0.137. The molecule has 0 atom stereocenters. The second-order valence-corrected chi connectivity index (χ2v) is 2.67. The molecule has 0 aliphatic heterocycles. The Bertz CT molecular complexity index is 319.